The maximum Gasteiger partial charge on any atom is 0.0599 e. The first-order chi connectivity index (χ1) is 8.77. The fraction of sp³-hybridized carbons (Fsp3) is 0.500. The molecule has 0 fully saturated rings. The van der Waals surface area contributed by atoms with Crippen LogP contribution in [0.15, 0.2) is 24.3 Å². The summed E-state index contributed by atoms with van der Waals surface area (Å²) >= 11 is 0. The number of terminal acetylenes is 1. The SMILES string of the molecule is C#CCN(C)Cc1ccccc1CCNCCC. The minimum Gasteiger partial charge on any atom is -0.316 e. The number of nitrogens with zero attached hydrogens (tertiary/aromatic N) is 1. The van der Waals surface area contributed by atoms with Crippen LogP contribution in [0.1, 0.15) is 24.5 Å². The second-order valence-corrected chi connectivity index (χ2v) is 4.65. The van der Waals surface area contributed by atoms with E-state index in [0.717, 1.165) is 26.1 Å². The van der Waals surface area contributed by atoms with E-state index in [4.69, 9.17) is 6.42 Å². The van der Waals surface area contributed by atoms with E-state index in [0.29, 0.717) is 6.54 Å². The van der Waals surface area contributed by atoms with Crippen LogP contribution in [0.2, 0.25) is 0 Å². The monoisotopic (exact) mass is 244 g/mol. The van der Waals surface area contributed by atoms with Crippen LogP contribution in [0.4, 0.5) is 0 Å². The molecule has 1 rings (SSSR count). The lowest BCUT2D eigenvalue weighted by Crippen LogP contribution is -2.21. The van der Waals surface area contributed by atoms with Gasteiger partial charge in [0.1, 0.15) is 0 Å². The molecule has 0 heterocycles. The highest BCUT2D eigenvalue weighted by Crippen LogP contribution is 2.11. The summed E-state index contributed by atoms with van der Waals surface area (Å²) in [5.74, 6) is 2.68. The second kappa shape index (κ2) is 8.74. The third-order valence-electron chi connectivity index (χ3n) is 2.92. The average Bonchev–Trinajstić information content (AvgIpc) is 2.37. The lowest BCUT2D eigenvalue weighted by atomic mass is 10.0. The Bertz CT molecular complexity index is 379. The highest BCUT2D eigenvalue weighted by Gasteiger charge is 2.04. The molecule has 2 heteroatoms. The highest BCUT2D eigenvalue weighted by atomic mass is 15.1. The van der Waals surface area contributed by atoms with Gasteiger partial charge < -0.3 is 5.32 Å². The molecule has 1 N–H and O–H groups in total. The number of hydrogen-bond acceptors (Lipinski definition) is 2. The summed E-state index contributed by atoms with van der Waals surface area (Å²) in [7, 11) is 2.06. The third-order valence-corrected chi connectivity index (χ3v) is 2.92. The van der Waals surface area contributed by atoms with Crippen LogP contribution in [0.3, 0.4) is 0 Å². The van der Waals surface area contributed by atoms with Gasteiger partial charge in [0.05, 0.1) is 6.54 Å². The predicted octanol–water partition coefficient (Wildman–Crippen LogP) is 2.29. The van der Waals surface area contributed by atoms with Crippen molar-refractivity contribution in [3.63, 3.8) is 0 Å². The molecule has 0 amide bonds. The van der Waals surface area contributed by atoms with Crippen LogP contribution in [-0.4, -0.2) is 31.6 Å². The zero-order valence-corrected chi connectivity index (χ0v) is 11.6. The summed E-state index contributed by atoms with van der Waals surface area (Å²) < 4.78 is 0. The molecule has 0 saturated heterocycles. The molecular formula is C16H24N2. The first kappa shape index (κ1) is 14.8. The Labute approximate surface area is 111 Å². The smallest absolute Gasteiger partial charge is 0.0599 e. The van der Waals surface area contributed by atoms with Gasteiger partial charge in [0.25, 0.3) is 0 Å². The maximum atomic E-state index is 5.33. The van der Waals surface area contributed by atoms with Crippen molar-refractivity contribution in [1.82, 2.24) is 10.2 Å². The van der Waals surface area contributed by atoms with Crippen LogP contribution in [0.25, 0.3) is 0 Å². The van der Waals surface area contributed by atoms with Gasteiger partial charge in [-0.05, 0) is 44.1 Å². The molecular weight excluding hydrogens is 220 g/mol. The molecule has 0 spiro atoms. The molecule has 0 atom stereocenters. The normalized spacial score (nSPS) is 10.6. The Kier molecular flexibility index (Phi) is 7.17. The number of rotatable bonds is 8. The molecule has 0 saturated carbocycles. The molecule has 0 aliphatic rings. The molecule has 0 aliphatic carbocycles. The van der Waals surface area contributed by atoms with E-state index in [1.807, 2.05) is 0 Å². The summed E-state index contributed by atoms with van der Waals surface area (Å²) in [6.07, 6.45) is 7.60. The summed E-state index contributed by atoms with van der Waals surface area (Å²) in [4.78, 5) is 2.16. The van der Waals surface area contributed by atoms with Gasteiger partial charge in [-0.15, -0.1) is 6.42 Å². The van der Waals surface area contributed by atoms with Crippen molar-refractivity contribution in [3.05, 3.63) is 35.4 Å². The van der Waals surface area contributed by atoms with Gasteiger partial charge in [-0.1, -0.05) is 37.1 Å². The van der Waals surface area contributed by atoms with Crippen molar-refractivity contribution < 1.29 is 0 Å². The summed E-state index contributed by atoms with van der Waals surface area (Å²) in [5.41, 5.74) is 2.80. The first-order valence-corrected chi connectivity index (χ1v) is 6.67. The van der Waals surface area contributed by atoms with Crippen LogP contribution >= 0.6 is 0 Å². The molecule has 18 heavy (non-hydrogen) atoms. The van der Waals surface area contributed by atoms with Gasteiger partial charge in [0.2, 0.25) is 0 Å². The lowest BCUT2D eigenvalue weighted by molar-refractivity contribution is 0.367. The zero-order chi connectivity index (χ0) is 13.2. The molecule has 1 aromatic carbocycles. The molecule has 0 unspecified atom stereocenters. The van der Waals surface area contributed by atoms with E-state index in [2.05, 4.69) is 54.4 Å². The average molecular weight is 244 g/mol. The largest absolute Gasteiger partial charge is 0.316 e. The van der Waals surface area contributed by atoms with E-state index >= 15 is 0 Å². The molecule has 98 valence electrons. The van der Waals surface area contributed by atoms with Crippen molar-refractivity contribution in [2.45, 2.75) is 26.3 Å². The van der Waals surface area contributed by atoms with Gasteiger partial charge in [-0.2, -0.15) is 0 Å². The Morgan fingerprint density at radius 3 is 2.61 bits per heavy atom. The Morgan fingerprint density at radius 2 is 1.94 bits per heavy atom. The minimum atomic E-state index is 0.697. The van der Waals surface area contributed by atoms with Crippen molar-refractivity contribution in [1.29, 1.82) is 0 Å². The quantitative estimate of drug-likeness (QED) is 0.557. The fourth-order valence-electron chi connectivity index (χ4n) is 1.98. The van der Waals surface area contributed by atoms with E-state index in [9.17, 15) is 0 Å². The van der Waals surface area contributed by atoms with E-state index in [1.54, 1.807) is 0 Å². The van der Waals surface area contributed by atoms with Crippen molar-refractivity contribution in [2.24, 2.45) is 0 Å². The second-order valence-electron chi connectivity index (χ2n) is 4.65. The number of benzene rings is 1. The molecule has 1 aromatic rings. The van der Waals surface area contributed by atoms with Gasteiger partial charge in [0.15, 0.2) is 0 Å². The maximum absolute atomic E-state index is 5.33. The summed E-state index contributed by atoms with van der Waals surface area (Å²) in [6, 6.07) is 8.62. The highest BCUT2D eigenvalue weighted by molar-refractivity contribution is 5.27. The summed E-state index contributed by atoms with van der Waals surface area (Å²) in [5, 5.41) is 3.44. The molecule has 0 bridgehead atoms. The van der Waals surface area contributed by atoms with Crippen LogP contribution < -0.4 is 5.32 Å². The molecule has 2 nitrogen and oxygen atoms in total. The number of hydrogen-bond donors (Lipinski definition) is 1. The van der Waals surface area contributed by atoms with Crippen LogP contribution in [0, 0.1) is 12.3 Å². The first-order valence-electron chi connectivity index (χ1n) is 6.67. The van der Waals surface area contributed by atoms with Crippen molar-refractivity contribution in [2.75, 3.05) is 26.7 Å². The minimum absolute atomic E-state index is 0.697. The Balaban J connectivity index is 2.53. The van der Waals surface area contributed by atoms with Crippen molar-refractivity contribution in [3.8, 4) is 12.3 Å². The summed E-state index contributed by atoms with van der Waals surface area (Å²) in [6.45, 7) is 5.95. The lowest BCUT2D eigenvalue weighted by Gasteiger charge is -2.16. The molecule has 0 aliphatic heterocycles. The van der Waals surface area contributed by atoms with Crippen molar-refractivity contribution >= 4 is 0 Å². The van der Waals surface area contributed by atoms with Gasteiger partial charge in [-0.25, -0.2) is 0 Å². The van der Waals surface area contributed by atoms with E-state index < -0.39 is 0 Å². The van der Waals surface area contributed by atoms with Crippen LogP contribution in [-0.2, 0) is 13.0 Å². The van der Waals surface area contributed by atoms with E-state index in [-0.39, 0.29) is 0 Å². The Morgan fingerprint density at radius 1 is 1.22 bits per heavy atom. The fourth-order valence-corrected chi connectivity index (χ4v) is 1.98. The predicted molar refractivity (Wildman–Crippen MR) is 78.5 cm³/mol. The topological polar surface area (TPSA) is 15.3 Å². The molecule has 0 radical (unpaired) electrons. The van der Waals surface area contributed by atoms with Gasteiger partial charge in [-0.3, -0.25) is 4.90 Å². The standard InChI is InChI=1S/C16H24N2/c1-4-11-17-12-10-15-8-6-7-9-16(15)14-18(3)13-5-2/h2,6-9,17H,4,10-14H2,1,3H3. The van der Waals surface area contributed by atoms with E-state index in [1.165, 1.54) is 17.5 Å². The van der Waals surface area contributed by atoms with Gasteiger partial charge >= 0.3 is 0 Å². The number of nitrogens with one attached hydrogen (secondary N) is 1. The zero-order valence-electron chi connectivity index (χ0n) is 11.6. The molecule has 0 aromatic heterocycles. The van der Waals surface area contributed by atoms with Gasteiger partial charge in [0, 0.05) is 6.54 Å². The Hall–Kier alpha value is -1.30. The van der Waals surface area contributed by atoms with Crippen LogP contribution in [0.5, 0.6) is 0 Å². The third kappa shape index (κ3) is 5.35.